The molecule has 1 aromatic rings. The predicted molar refractivity (Wildman–Crippen MR) is 133 cm³/mol. The van der Waals surface area contributed by atoms with Gasteiger partial charge in [-0.3, -0.25) is 24.5 Å². The first kappa shape index (κ1) is 27.1. The summed E-state index contributed by atoms with van der Waals surface area (Å²) in [4.78, 5) is 50.8. The molecule has 12 nitrogen and oxygen atoms in total. The maximum absolute atomic E-state index is 12.9. The molecule has 4 rings (SSSR count). The second-order valence-electron chi connectivity index (χ2n) is 9.64. The molecule has 1 aromatic carbocycles. The second-order valence-corrected chi connectivity index (χ2v) is 9.64. The summed E-state index contributed by atoms with van der Waals surface area (Å²) in [7, 11) is 0. The number of amides is 4. The average Bonchev–Trinajstić information content (AvgIpc) is 3.19. The topological polar surface area (TPSA) is 161 Å². The molecule has 1 atom stereocenters. The summed E-state index contributed by atoms with van der Waals surface area (Å²) in [6.07, 6.45) is 0.631. The molecular weight excluding hydrogens is 482 g/mol. The lowest BCUT2D eigenvalue weighted by Gasteiger charge is -2.42. The van der Waals surface area contributed by atoms with Gasteiger partial charge in [0.2, 0.25) is 17.7 Å². The van der Waals surface area contributed by atoms with Gasteiger partial charge in [-0.05, 0) is 18.6 Å². The summed E-state index contributed by atoms with van der Waals surface area (Å²) in [6, 6.07) is 4.42. The van der Waals surface area contributed by atoms with Crippen molar-refractivity contribution in [1.82, 2.24) is 15.5 Å². The Morgan fingerprint density at radius 3 is 2.54 bits per heavy atom. The molecule has 0 saturated carbocycles. The molecule has 12 heteroatoms. The van der Waals surface area contributed by atoms with Gasteiger partial charge in [0.05, 0.1) is 46.1 Å². The zero-order valence-electron chi connectivity index (χ0n) is 20.9. The fraction of sp³-hybridized carbons (Fsp3) is 0.600. The van der Waals surface area contributed by atoms with Crippen LogP contribution in [-0.2, 0) is 35.1 Å². The average molecular weight is 518 g/mol. The minimum atomic E-state index is -0.703. The molecule has 1 unspecified atom stereocenters. The molecule has 3 aliphatic heterocycles. The lowest BCUT2D eigenvalue weighted by Crippen LogP contribution is -2.58. The quantitative estimate of drug-likeness (QED) is 0.186. The number of hydrogen-bond donors (Lipinski definition) is 4. The fourth-order valence-electron chi connectivity index (χ4n) is 4.69. The number of anilines is 1. The van der Waals surface area contributed by atoms with E-state index in [1.165, 1.54) is 4.90 Å². The van der Waals surface area contributed by atoms with Gasteiger partial charge in [0.15, 0.2) is 0 Å². The molecule has 2 fully saturated rings. The van der Waals surface area contributed by atoms with Crippen molar-refractivity contribution in [2.75, 3.05) is 64.6 Å². The Morgan fingerprint density at radius 2 is 1.84 bits per heavy atom. The van der Waals surface area contributed by atoms with Crippen LogP contribution in [0.2, 0.25) is 0 Å². The van der Waals surface area contributed by atoms with Crippen LogP contribution in [0, 0.1) is 5.41 Å². The number of hydrogen-bond acceptors (Lipinski definition) is 9. The van der Waals surface area contributed by atoms with Crippen molar-refractivity contribution in [2.45, 2.75) is 31.8 Å². The van der Waals surface area contributed by atoms with Crippen LogP contribution in [0.5, 0.6) is 0 Å². The third kappa shape index (κ3) is 6.70. The van der Waals surface area contributed by atoms with Crippen LogP contribution in [0.4, 0.5) is 5.69 Å². The van der Waals surface area contributed by atoms with E-state index in [1.54, 1.807) is 18.2 Å². The van der Waals surface area contributed by atoms with Crippen LogP contribution in [0.25, 0.3) is 0 Å². The van der Waals surface area contributed by atoms with Crippen LogP contribution in [0.3, 0.4) is 0 Å². The molecule has 2 saturated heterocycles. The molecule has 3 aliphatic rings. The number of nitrogens with one attached hydrogen (secondary N) is 3. The van der Waals surface area contributed by atoms with E-state index in [0.29, 0.717) is 56.4 Å². The zero-order chi connectivity index (χ0) is 26.3. The Balaban J connectivity index is 1.22. The van der Waals surface area contributed by atoms with Gasteiger partial charge in [-0.1, -0.05) is 6.07 Å². The van der Waals surface area contributed by atoms with E-state index in [4.69, 9.17) is 19.9 Å². The van der Waals surface area contributed by atoms with Gasteiger partial charge >= 0.3 is 0 Å². The van der Waals surface area contributed by atoms with Gasteiger partial charge < -0.3 is 35.5 Å². The lowest BCUT2D eigenvalue weighted by molar-refractivity contribution is -0.137. The van der Waals surface area contributed by atoms with E-state index in [2.05, 4.69) is 16.0 Å². The molecule has 0 radical (unpaired) electrons. The molecule has 0 aliphatic carbocycles. The maximum atomic E-state index is 12.9. The monoisotopic (exact) mass is 517 g/mol. The minimum absolute atomic E-state index is 0.107. The molecule has 0 bridgehead atoms. The summed E-state index contributed by atoms with van der Waals surface area (Å²) in [5.41, 5.74) is 6.94. The van der Waals surface area contributed by atoms with E-state index < -0.39 is 11.9 Å². The van der Waals surface area contributed by atoms with E-state index in [9.17, 15) is 19.2 Å². The fourth-order valence-corrected chi connectivity index (χ4v) is 4.69. The smallest absolute Gasteiger partial charge is 0.255 e. The first-order valence-electron chi connectivity index (χ1n) is 12.6. The highest BCUT2D eigenvalue weighted by atomic mass is 16.5. The number of carbonyl (C=O) groups is 4. The Morgan fingerprint density at radius 1 is 1.08 bits per heavy atom. The summed E-state index contributed by atoms with van der Waals surface area (Å²) in [6.45, 7) is 5.05. The van der Waals surface area contributed by atoms with E-state index in [-0.39, 0.29) is 55.6 Å². The van der Waals surface area contributed by atoms with Gasteiger partial charge in [0, 0.05) is 54.8 Å². The number of fused-ring (bicyclic) bond motifs is 1. The Labute approximate surface area is 215 Å². The van der Waals surface area contributed by atoms with Crippen LogP contribution >= 0.6 is 0 Å². The van der Waals surface area contributed by atoms with Crippen LogP contribution in [-0.4, -0.2) is 93.8 Å². The number of nitrogens with zero attached hydrogens (tertiary/aromatic N) is 1. The highest BCUT2D eigenvalue weighted by Crippen LogP contribution is 2.32. The Hall–Kier alpha value is -2.90. The standard InChI is InChI=1S/C25H35N5O7/c26-7-9-35-10-11-37-16-25(13-27-14-25)15-36-8-6-22(32)28-19-3-1-2-17-18(19)12-30(24(17)34)20-4-5-21(31)29-23(20)33/h1-3,20,27H,4-16,26H2,(H,28,32)(H,29,31,33). The maximum Gasteiger partial charge on any atom is 0.255 e. The van der Waals surface area contributed by atoms with Crippen LogP contribution < -0.4 is 21.7 Å². The lowest BCUT2D eigenvalue weighted by atomic mass is 9.83. The first-order valence-corrected chi connectivity index (χ1v) is 12.6. The van der Waals surface area contributed by atoms with Gasteiger partial charge in [-0.25, -0.2) is 0 Å². The van der Waals surface area contributed by atoms with Gasteiger partial charge in [-0.2, -0.15) is 0 Å². The van der Waals surface area contributed by atoms with Gasteiger partial charge in [0.1, 0.15) is 6.04 Å². The van der Waals surface area contributed by atoms with Crippen molar-refractivity contribution in [2.24, 2.45) is 11.1 Å². The Bertz CT molecular complexity index is 1010. The third-order valence-corrected chi connectivity index (χ3v) is 6.78. The number of benzene rings is 1. The van der Waals surface area contributed by atoms with Crippen molar-refractivity contribution >= 4 is 29.3 Å². The van der Waals surface area contributed by atoms with Crippen LogP contribution in [0.1, 0.15) is 35.2 Å². The third-order valence-electron chi connectivity index (χ3n) is 6.78. The summed E-state index contributed by atoms with van der Waals surface area (Å²) < 4.78 is 16.8. The molecule has 3 heterocycles. The summed E-state index contributed by atoms with van der Waals surface area (Å²) >= 11 is 0. The second kappa shape index (κ2) is 12.6. The number of carbonyl (C=O) groups excluding carboxylic acids is 4. The highest BCUT2D eigenvalue weighted by Gasteiger charge is 2.40. The molecule has 0 spiro atoms. The normalized spacial score (nSPS) is 20.4. The Kier molecular flexibility index (Phi) is 9.22. The largest absolute Gasteiger partial charge is 0.380 e. The van der Waals surface area contributed by atoms with Crippen LogP contribution in [0.15, 0.2) is 18.2 Å². The van der Waals surface area contributed by atoms with Gasteiger partial charge in [-0.15, -0.1) is 0 Å². The zero-order valence-corrected chi connectivity index (χ0v) is 20.9. The summed E-state index contributed by atoms with van der Waals surface area (Å²) in [5, 5.41) is 8.41. The van der Waals surface area contributed by atoms with Crippen molar-refractivity contribution in [1.29, 1.82) is 0 Å². The van der Waals surface area contributed by atoms with E-state index >= 15 is 0 Å². The molecule has 202 valence electrons. The predicted octanol–water partition coefficient (Wildman–Crippen LogP) is -0.626. The number of piperidine rings is 1. The van der Waals surface area contributed by atoms with Crippen molar-refractivity contribution in [3.8, 4) is 0 Å². The van der Waals surface area contributed by atoms with Gasteiger partial charge in [0.25, 0.3) is 5.91 Å². The van der Waals surface area contributed by atoms with E-state index in [0.717, 1.165) is 13.1 Å². The number of imide groups is 1. The van der Waals surface area contributed by atoms with Crippen molar-refractivity contribution in [3.05, 3.63) is 29.3 Å². The molecule has 0 aromatic heterocycles. The van der Waals surface area contributed by atoms with Crippen molar-refractivity contribution in [3.63, 3.8) is 0 Å². The number of ether oxygens (including phenoxy) is 3. The molecular formula is C25H35N5O7. The molecule has 37 heavy (non-hydrogen) atoms. The molecule has 4 amide bonds. The number of nitrogens with two attached hydrogens (primary N) is 1. The van der Waals surface area contributed by atoms with E-state index in [1.807, 2.05) is 0 Å². The SMILES string of the molecule is NCCOCCOCC1(COCCC(=O)Nc2cccc3c2CN(C2CCC(=O)NC2=O)C3=O)CNC1. The highest BCUT2D eigenvalue weighted by molar-refractivity contribution is 6.06. The number of rotatable bonds is 14. The minimum Gasteiger partial charge on any atom is -0.380 e. The summed E-state index contributed by atoms with van der Waals surface area (Å²) in [5.74, 6) is -1.31. The molecule has 5 N–H and O–H groups in total. The first-order chi connectivity index (χ1) is 17.9. The van der Waals surface area contributed by atoms with Crippen molar-refractivity contribution < 1.29 is 33.4 Å².